The number of para-hydroxylation sites is 1. The van der Waals surface area contributed by atoms with Gasteiger partial charge in [0.2, 0.25) is 0 Å². The van der Waals surface area contributed by atoms with Crippen molar-refractivity contribution in [2.45, 2.75) is 54.9 Å². The number of hydrogen-bond donors (Lipinski definition) is 1. The van der Waals surface area contributed by atoms with Crippen LogP contribution in [0.2, 0.25) is 0 Å². The van der Waals surface area contributed by atoms with E-state index in [1.165, 1.54) is 16.1 Å². The molecule has 6 nitrogen and oxygen atoms in total. The van der Waals surface area contributed by atoms with Gasteiger partial charge in [-0.1, -0.05) is 37.1 Å². The number of rotatable bonds is 10. The monoisotopic (exact) mass is 476 g/mol. The van der Waals surface area contributed by atoms with Crippen molar-refractivity contribution in [1.82, 2.24) is 5.32 Å². The third kappa shape index (κ3) is 5.47. The third-order valence-electron chi connectivity index (χ3n) is 5.72. The van der Waals surface area contributed by atoms with Gasteiger partial charge in [0.25, 0.3) is 10.0 Å². The summed E-state index contributed by atoms with van der Waals surface area (Å²) in [6, 6.07) is 13.2. The van der Waals surface area contributed by atoms with Gasteiger partial charge in [0.15, 0.2) is 0 Å². The van der Waals surface area contributed by atoms with Gasteiger partial charge >= 0.3 is 5.97 Å². The van der Waals surface area contributed by atoms with Crippen LogP contribution < -0.4 is 9.62 Å². The van der Waals surface area contributed by atoms with E-state index in [9.17, 15) is 13.2 Å². The fraction of sp³-hybridized carbons (Fsp3) is 0.458. The number of carbonyl (C=O) groups is 1. The molecule has 174 valence electrons. The molecule has 0 spiro atoms. The SMILES string of the molecule is CCOC(=O)CCCCCCNC1c2ccccc2N(C)S(=O)(=O)c2cc(SC)ccc21. The van der Waals surface area contributed by atoms with Crippen LogP contribution in [0.25, 0.3) is 0 Å². The zero-order valence-corrected chi connectivity index (χ0v) is 20.6. The largest absolute Gasteiger partial charge is 0.466 e. The predicted octanol–water partition coefficient (Wildman–Crippen LogP) is 4.74. The molecule has 1 atom stereocenters. The summed E-state index contributed by atoms with van der Waals surface area (Å²) in [6.45, 7) is 3.00. The van der Waals surface area contributed by atoms with Gasteiger partial charge in [0.05, 0.1) is 23.2 Å². The highest BCUT2D eigenvalue weighted by molar-refractivity contribution is 7.98. The lowest BCUT2D eigenvalue weighted by molar-refractivity contribution is -0.143. The number of hydrogen-bond acceptors (Lipinski definition) is 6. The maximum absolute atomic E-state index is 13.4. The summed E-state index contributed by atoms with van der Waals surface area (Å²) in [5.74, 6) is -0.132. The first-order chi connectivity index (χ1) is 15.4. The van der Waals surface area contributed by atoms with E-state index in [2.05, 4.69) is 5.32 Å². The Morgan fingerprint density at radius 3 is 2.59 bits per heavy atom. The smallest absolute Gasteiger partial charge is 0.305 e. The highest BCUT2D eigenvalue weighted by Crippen LogP contribution is 2.41. The van der Waals surface area contributed by atoms with E-state index in [0.29, 0.717) is 23.6 Å². The minimum Gasteiger partial charge on any atom is -0.466 e. The van der Waals surface area contributed by atoms with Crippen LogP contribution in [0.3, 0.4) is 0 Å². The Kier molecular flexibility index (Phi) is 8.62. The molecule has 2 aromatic rings. The number of unbranched alkanes of at least 4 members (excludes halogenated alkanes) is 3. The Morgan fingerprint density at radius 1 is 1.09 bits per heavy atom. The number of esters is 1. The Hall–Kier alpha value is -2.03. The van der Waals surface area contributed by atoms with Gasteiger partial charge in [-0.2, -0.15) is 0 Å². The predicted molar refractivity (Wildman–Crippen MR) is 130 cm³/mol. The van der Waals surface area contributed by atoms with Gasteiger partial charge in [-0.05, 0) is 61.9 Å². The molecule has 0 aliphatic carbocycles. The summed E-state index contributed by atoms with van der Waals surface area (Å²) in [4.78, 5) is 12.7. The quantitative estimate of drug-likeness (QED) is 0.303. The topological polar surface area (TPSA) is 75.7 Å². The molecule has 1 heterocycles. The van der Waals surface area contributed by atoms with Crippen molar-refractivity contribution in [2.24, 2.45) is 0 Å². The van der Waals surface area contributed by atoms with E-state index >= 15 is 0 Å². The zero-order chi connectivity index (χ0) is 23.1. The van der Waals surface area contributed by atoms with E-state index < -0.39 is 10.0 Å². The molecule has 1 unspecified atom stereocenters. The maximum Gasteiger partial charge on any atom is 0.305 e. The lowest BCUT2D eigenvalue weighted by atomic mass is 9.96. The van der Waals surface area contributed by atoms with Crippen molar-refractivity contribution in [2.75, 3.05) is 30.8 Å². The molecule has 0 amide bonds. The van der Waals surface area contributed by atoms with E-state index in [0.717, 1.165) is 48.3 Å². The van der Waals surface area contributed by atoms with E-state index in [1.54, 1.807) is 13.1 Å². The second-order valence-electron chi connectivity index (χ2n) is 7.79. The maximum atomic E-state index is 13.4. The second-order valence-corrected chi connectivity index (χ2v) is 10.6. The summed E-state index contributed by atoms with van der Waals surface area (Å²) in [5.41, 5.74) is 2.43. The number of benzene rings is 2. The van der Waals surface area contributed by atoms with Crippen LogP contribution >= 0.6 is 11.8 Å². The lowest BCUT2D eigenvalue weighted by Crippen LogP contribution is -2.26. The minimum absolute atomic E-state index is 0.132. The van der Waals surface area contributed by atoms with Crippen LogP contribution in [0.15, 0.2) is 52.3 Å². The fourth-order valence-corrected chi connectivity index (χ4v) is 6.01. The van der Waals surface area contributed by atoms with Gasteiger partial charge in [-0.25, -0.2) is 8.42 Å². The molecule has 1 aliphatic heterocycles. The highest BCUT2D eigenvalue weighted by atomic mass is 32.2. The lowest BCUT2D eigenvalue weighted by Gasteiger charge is -2.22. The Labute approximate surface area is 195 Å². The molecular formula is C24H32N2O4S2. The number of ether oxygens (including phenoxy) is 1. The van der Waals surface area contributed by atoms with Crippen molar-refractivity contribution < 1.29 is 17.9 Å². The number of fused-ring (bicyclic) bond motifs is 2. The summed E-state index contributed by atoms with van der Waals surface area (Å²) in [5, 5.41) is 3.60. The molecule has 0 aromatic heterocycles. The molecular weight excluding hydrogens is 444 g/mol. The number of anilines is 1. The number of carbonyl (C=O) groups excluding carboxylic acids is 1. The van der Waals surface area contributed by atoms with Crippen LogP contribution in [0.4, 0.5) is 5.69 Å². The summed E-state index contributed by atoms with van der Waals surface area (Å²) >= 11 is 1.53. The molecule has 32 heavy (non-hydrogen) atoms. The van der Waals surface area contributed by atoms with Gasteiger partial charge < -0.3 is 10.1 Å². The normalized spacial score (nSPS) is 16.7. The Balaban J connectivity index is 1.76. The molecule has 0 bridgehead atoms. The molecule has 0 radical (unpaired) electrons. The molecule has 3 rings (SSSR count). The van der Waals surface area contributed by atoms with Crippen molar-refractivity contribution in [3.8, 4) is 0 Å². The standard InChI is InChI=1S/C24H32N2O4S2/c1-4-30-23(27)13-7-5-6-10-16-25-24-19-11-8-9-12-21(19)26(2)32(28,29)22-17-18(31-3)14-15-20(22)24/h8-9,11-12,14-15,17,24-25H,4-7,10,13,16H2,1-3H3. The number of nitrogens with zero attached hydrogens (tertiary/aromatic N) is 1. The average Bonchev–Trinajstić information content (AvgIpc) is 2.86. The molecule has 2 aromatic carbocycles. The second kappa shape index (κ2) is 11.2. The molecule has 1 N–H and O–H groups in total. The van der Waals surface area contributed by atoms with Gasteiger partial charge in [-0.3, -0.25) is 9.10 Å². The highest BCUT2D eigenvalue weighted by Gasteiger charge is 2.34. The van der Waals surface area contributed by atoms with E-state index in [-0.39, 0.29) is 12.0 Å². The first-order valence-electron chi connectivity index (χ1n) is 11.0. The summed E-state index contributed by atoms with van der Waals surface area (Å²) in [6.07, 6.45) is 6.15. The average molecular weight is 477 g/mol. The molecule has 0 fully saturated rings. The fourth-order valence-electron chi connectivity index (χ4n) is 4.01. The number of thioether (sulfide) groups is 1. The van der Waals surface area contributed by atoms with Gasteiger partial charge in [-0.15, -0.1) is 11.8 Å². The number of sulfonamides is 1. The van der Waals surface area contributed by atoms with Crippen LogP contribution in [0.5, 0.6) is 0 Å². The summed E-state index contributed by atoms with van der Waals surface area (Å²) < 4.78 is 33.2. The van der Waals surface area contributed by atoms with Gasteiger partial charge in [0, 0.05) is 18.4 Å². The van der Waals surface area contributed by atoms with Crippen LogP contribution in [0, 0.1) is 0 Å². The Bertz CT molecular complexity index is 1040. The minimum atomic E-state index is -3.66. The van der Waals surface area contributed by atoms with Crippen LogP contribution in [-0.2, 0) is 19.6 Å². The van der Waals surface area contributed by atoms with Crippen LogP contribution in [-0.4, -0.2) is 40.8 Å². The molecule has 8 heteroatoms. The van der Waals surface area contributed by atoms with Crippen molar-refractivity contribution in [3.05, 3.63) is 53.6 Å². The van der Waals surface area contributed by atoms with Crippen LogP contribution in [0.1, 0.15) is 56.2 Å². The number of nitrogens with one attached hydrogen (secondary N) is 1. The zero-order valence-electron chi connectivity index (χ0n) is 19.0. The first kappa shape index (κ1) is 24.6. The Morgan fingerprint density at radius 2 is 1.84 bits per heavy atom. The molecule has 1 aliphatic rings. The third-order valence-corrected chi connectivity index (χ3v) is 8.27. The van der Waals surface area contributed by atoms with Crippen molar-refractivity contribution in [1.29, 1.82) is 0 Å². The van der Waals surface area contributed by atoms with E-state index in [4.69, 9.17) is 4.74 Å². The van der Waals surface area contributed by atoms with Crippen molar-refractivity contribution >= 4 is 33.4 Å². The summed E-state index contributed by atoms with van der Waals surface area (Å²) in [7, 11) is -2.03. The molecule has 0 saturated carbocycles. The van der Waals surface area contributed by atoms with Gasteiger partial charge in [0.1, 0.15) is 0 Å². The molecule has 0 saturated heterocycles. The van der Waals surface area contributed by atoms with Crippen molar-refractivity contribution in [3.63, 3.8) is 0 Å². The van der Waals surface area contributed by atoms with E-state index in [1.807, 2.05) is 49.6 Å². The first-order valence-corrected chi connectivity index (χ1v) is 13.7.